The van der Waals surface area contributed by atoms with E-state index in [1.54, 1.807) is 50.6 Å². The van der Waals surface area contributed by atoms with Crippen molar-refractivity contribution in [2.45, 2.75) is 38.5 Å². The Morgan fingerprint density at radius 3 is 1.40 bits per heavy atom. The summed E-state index contributed by atoms with van der Waals surface area (Å²) >= 11 is 10.6. The van der Waals surface area contributed by atoms with E-state index in [1.165, 1.54) is 51.0 Å². The molecule has 42 heavy (non-hydrogen) atoms. The molecule has 2 heterocycles. The van der Waals surface area contributed by atoms with E-state index in [0.29, 0.717) is 32.9 Å². The van der Waals surface area contributed by atoms with Gasteiger partial charge < -0.3 is 29.5 Å². The number of thiocarbonyl (C=S) groups is 2. The molecule has 0 atom stereocenters. The predicted octanol–water partition coefficient (Wildman–Crippen LogP) is 4.19. The molecule has 0 amide bonds. The van der Waals surface area contributed by atoms with Gasteiger partial charge in [0.25, 0.3) is 0 Å². The number of benzene rings is 2. The Balaban J connectivity index is 0.000000401. The maximum Gasteiger partial charge on any atom is 2.00 e. The minimum Gasteiger partial charge on any atom is -0.507 e. The first-order valence-electron chi connectivity index (χ1n) is 13.3. The monoisotopic (exact) mass is 712 g/mol. The molecule has 2 aromatic rings. The van der Waals surface area contributed by atoms with Gasteiger partial charge in [-0.05, 0) is 99.4 Å². The zero-order valence-corrected chi connectivity index (χ0v) is 27.1. The van der Waals surface area contributed by atoms with Crippen molar-refractivity contribution >= 4 is 47.1 Å². The predicted molar refractivity (Wildman–Crippen MR) is 167 cm³/mol. The van der Waals surface area contributed by atoms with Crippen LogP contribution in [0.15, 0.2) is 46.6 Å². The standard InChI is InChI=1S/2C14H19N3O2S.2Cu/c2*1-19-12-5-6-13(18)11(9-12)10-15-16-14(20)17-7-3-2-4-8-17;;/h2*5-6,9-10,18H,2-4,7-8H2,1H3,(H,16,20);;/q;;;+2/b2*15-10+;;. The van der Waals surface area contributed by atoms with Crippen LogP contribution in [0.2, 0.25) is 0 Å². The van der Waals surface area contributed by atoms with Crippen LogP contribution in [-0.2, 0) is 34.1 Å². The molecule has 2 fully saturated rings. The normalized spacial score (nSPS) is 14.6. The van der Waals surface area contributed by atoms with E-state index < -0.39 is 0 Å². The second-order valence-corrected chi connectivity index (χ2v) is 10.1. The molecule has 0 aliphatic carbocycles. The van der Waals surface area contributed by atoms with Crippen molar-refractivity contribution in [2.75, 3.05) is 40.4 Å². The van der Waals surface area contributed by atoms with Gasteiger partial charge in [-0.25, -0.2) is 0 Å². The largest absolute Gasteiger partial charge is 2.00 e. The fraction of sp³-hybridized carbons (Fsp3) is 0.429. The van der Waals surface area contributed by atoms with E-state index in [1.807, 2.05) is 0 Å². The van der Waals surface area contributed by atoms with Crippen molar-refractivity contribution in [3.05, 3.63) is 47.5 Å². The van der Waals surface area contributed by atoms with Crippen LogP contribution in [0, 0.1) is 0 Å². The number of hydrazone groups is 2. The Hall–Kier alpha value is -2.60. The average Bonchev–Trinajstić information content (AvgIpc) is 3.00. The van der Waals surface area contributed by atoms with E-state index in [0.717, 1.165) is 26.2 Å². The molecular formula is C28H38Cu2N6O4S2+2. The third-order valence-corrected chi connectivity index (χ3v) is 7.18. The van der Waals surface area contributed by atoms with Crippen molar-refractivity contribution in [3.8, 4) is 23.0 Å². The van der Waals surface area contributed by atoms with Crippen molar-refractivity contribution in [3.63, 3.8) is 0 Å². The van der Waals surface area contributed by atoms with Gasteiger partial charge >= 0.3 is 17.1 Å². The van der Waals surface area contributed by atoms with Crippen molar-refractivity contribution < 1.29 is 53.8 Å². The van der Waals surface area contributed by atoms with Crippen LogP contribution in [0.4, 0.5) is 0 Å². The summed E-state index contributed by atoms with van der Waals surface area (Å²) < 4.78 is 10.2. The van der Waals surface area contributed by atoms with Crippen LogP contribution in [0.5, 0.6) is 23.0 Å². The van der Waals surface area contributed by atoms with E-state index >= 15 is 0 Å². The number of phenolic OH excluding ortho intramolecular Hbond substituents is 2. The Labute approximate surface area is 279 Å². The number of aromatic hydroxyl groups is 2. The van der Waals surface area contributed by atoms with Crippen LogP contribution < -0.4 is 20.3 Å². The number of nitrogens with one attached hydrogen (secondary N) is 2. The zero-order valence-electron chi connectivity index (χ0n) is 23.6. The van der Waals surface area contributed by atoms with Crippen LogP contribution in [-0.4, -0.2) is 83.1 Å². The van der Waals surface area contributed by atoms with Gasteiger partial charge in [-0.15, -0.1) is 0 Å². The molecule has 2 aliphatic heterocycles. The molecule has 2 aromatic carbocycles. The minimum absolute atomic E-state index is 0. The van der Waals surface area contributed by atoms with E-state index in [-0.39, 0.29) is 45.6 Å². The van der Waals surface area contributed by atoms with Crippen LogP contribution in [0.25, 0.3) is 0 Å². The van der Waals surface area contributed by atoms with Gasteiger partial charge in [0, 0.05) is 54.4 Å². The Morgan fingerprint density at radius 2 is 1.07 bits per heavy atom. The topological polar surface area (TPSA) is 114 Å². The molecular weight excluding hydrogens is 676 g/mol. The Kier molecular flexibility index (Phi) is 18.1. The zero-order chi connectivity index (χ0) is 28.7. The number of hydrogen-bond acceptors (Lipinski definition) is 8. The molecule has 0 unspecified atom stereocenters. The summed E-state index contributed by atoms with van der Waals surface area (Å²) in [6.07, 6.45) is 10.3. The van der Waals surface area contributed by atoms with E-state index in [4.69, 9.17) is 33.9 Å². The molecule has 0 bridgehead atoms. The van der Waals surface area contributed by atoms with Gasteiger partial charge in [0.1, 0.15) is 23.0 Å². The number of nitrogens with zero attached hydrogens (tertiary/aromatic N) is 4. The van der Waals surface area contributed by atoms with Crippen LogP contribution in [0.3, 0.4) is 0 Å². The number of hydrogen-bond donors (Lipinski definition) is 4. The van der Waals surface area contributed by atoms with Gasteiger partial charge in [0.2, 0.25) is 0 Å². The second kappa shape index (κ2) is 20.3. The first-order valence-corrected chi connectivity index (χ1v) is 14.1. The quantitative estimate of drug-likeness (QED) is 0.151. The smallest absolute Gasteiger partial charge is 0.507 e. The fourth-order valence-corrected chi connectivity index (χ4v) is 4.65. The molecule has 2 saturated heterocycles. The summed E-state index contributed by atoms with van der Waals surface area (Å²) in [5, 5.41) is 28.9. The summed E-state index contributed by atoms with van der Waals surface area (Å²) in [6, 6.07) is 9.96. The van der Waals surface area contributed by atoms with Gasteiger partial charge in [0.15, 0.2) is 10.2 Å². The average molecular weight is 714 g/mol. The van der Waals surface area contributed by atoms with E-state index in [2.05, 4.69) is 30.9 Å². The molecule has 2 radical (unpaired) electrons. The van der Waals surface area contributed by atoms with E-state index in [9.17, 15) is 10.2 Å². The number of piperidine rings is 2. The fourth-order valence-electron chi connectivity index (χ4n) is 4.18. The van der Waals surface area contributed by atoms with Crippen LogP contribution in [0.1, 0.15) is 49.7 Å². The van der Waals surface area contributed by atoms with Gasteiger partial charge in [0.05, 0.1) is 26.6 Å². The number of phenols is 2. The maximum atomic E-state index is 9.73. The van der Waals surface area contributed by atoms with Gasteiger partial charge in [-0.2, -0.15) is 10.2 Å². The number of rotatable bonds is 6. The Morgan fingerprint density at radius 1 is 0.714 bits per heavy atom. The number of ether oxygens (including phenoxy) is 2. The molecule has 236 valence electrons. The molecule has 0 aromatic heterocycles. The number of methoxy groups -OCH3 is 2. The molecule has 0 saturated carbocycles. The molecule has 10 nitrogen and oxygen atoms in total. The molecule has 0 spiro atoms. The van der Waals surface area contributed by atoms with Crippen molar-refractivity contribution in [2.24, 2.45) is 10.2 Å². The summed E-state index contributed by atoms with van der Waals surface area (Å²) in [7, 11) is 3.16. The third-order valence-electron chi connectivity index (χ3n) is 6.48. The summed E-state index contributed by atoms with van der Waals surface area (Å²) in [4.78, 5) is 4.23. The second-order valence-electron chi connectivity index (χ2n) is 9.30. The van der Waals surface area contributed by atoms with Crippen molar-refractivity contribution in [1.29, 1.82) is 0 Å². The molecule has 4 N–H and O–H groups in total. The summed E-state index contributed by atoms with van der Waals surface area (Å²) in [5.74, 6) is 1.64. The first-order chi connectivity index (χ1) is 19.4. The van der Waals surface area contributed by atoms with Gasteiger partial charge in [-0.1, -0.05) is 0 Å². The van der Waals surface area contributed by atoms with Gasteiger partial charge in [-0.3, -0.25) is 10.9 Å². The van der Waals surface area contributed by atoms with Crippen LogP contribution >= 0.6 is 24.4 Å². The van der Waals surface area contributed by atoms with Crippen molar-refractivity contribution in [1.82, 2.24) is 20.7 Å². The summed E-state index contributed by atoms with van der Waals surface area (Å²) in [6.45, 7) is 3.91. The number of likely N-dealkylation sites (tertiary alicyclic amines) is 2. The SMILES string of the molecule is COc1ccc(O)c(/C=N/NC(=S)N2CCCCC2)c1.COc1ccc(O)c(/C=N/NC(=S)N2CCCCC2)c1.[Cu+2].[Cu]. The Bertz CT molecular complexity index is 1100. The minimum atomic E-state index is 0. The molecule has 4 rings (SSSR count). The molecule has 14 heteroatoms. The third kappa shape index (κ3) is 12.3. The maximum absolute atomic E-state index is 9.73. The first kappa shape index (κ1) is 37.4. The summed E-state index contributed by atoms with van der Waals surface area (Å²) in [5.41, 5.74) is 6.84. The molecule has 2 aliphatic rings.